The number of nitrogens with zero attached hydrogens (tertiary/aromatic N) is 1. The van der Waals surface area contributed by atoms with E-state index in [2.05, 4.69) is 20.9 Å². The smallest absolute Gasteiger partial charge is 0.417 e. The van der Waals surface area contributed by atoms with Crippen molar-refractivity contribution in [3.8, 4) is 5.75 Å². The lowest BCUT2D eigenvalue weighted by molar-refractivity contribution is -0.139. The fourth-order valence-corrected chi connectivity index (χ4v) is 3.19. The lowest BCUT2D eigenvalue weighted by Gasteiger charge is -2.11. The molecule has 25 heavy (non-hydrogen) atoms. The maximum absolute atomic E-state index is 12.7. The summed E-state index contributed by atoms with van der Waals surface area (Å²) in [6.07, 6.45) is -2.33. The van der Waals surface area contributed by atoms with Crippen molar-refractivity contribution in [1.29, 1.82) is 0 Å². The number of alkyl halides is 3. The molecule has 2 atom stereocenters. The third-order valence-corrected chi connectivity index (χ3v) is 4.65. The molecule has 1 fully saturated rings. The molecule has 0 radical (unpaired) electrons. The van der Waals surface area contributed by atoms with E-state index in [9.17, 15) is 18.0 Å². The number of ether oxygens (including phenoxy) is 1. The molecule has 2 aromatic rings. The molecule has 1 saturated carbocycles. The van der Waals surface area contributed by atoms with Crippen LogP contribution in [-0.4, -0.2) is 16.1 Å². The van der Waals surface area contributed by atoms with Crippen LogP contribution >= 0.6 is 15.9 Å². The van der Waals surface area contributed by atoms with Crippen LogP contribution in [0.25, 0.3) is 0 Å². The summed E-state index contributed by atoms with van der Waals surface area (Å²) in [4.78, 5) is 15.1. The third-order valence-electron chi connectivity index (χ3n) is 3.99. The number of carboxylic acids is 1. The molecule has 0 saturated heterocycles. The highest BCUT2D eigenvalue weighted by Crippen LogP contribution is 2.46. The van der Waals surface area contributed by atoms with E-state index in [0.717, 1.165) is 6.07 Å². The second kappa shape index (κ2) is 6.67. The molecule has 0 spiro atoms. The Morgan fingerprint density at radius 2 is 2.08 bits per heavy atom. The van der Waals surface area contributed by atoms with E-state index in [1.807, 2.05) is 0 Å². The average molecular weight is 416 g/mol. The van der Waals surface area contributed by atoms with Gasteiger partial charge in [0.15, 0.2) is 0 Å². The van der Waals surface area contributed by atoms with Gasteiger partial charge in [-0.15, -0.1) is 0 Å². The molecule has 0 aliphatic heterocycles. The van der Waals surface area contributed by atoms with Gasteiger partial charge in [-0.1, -0.05) is 22.0 Å². The number of rotatable bonds is 5. The first-order valence-electron chi connectivity index (χ1n) is 7.43. The third kappa shape index (κ3) is 4.12. The molecule has 1 aromatic heterocycles. The first-order valence-corrected chi connectivity index (χ1v) is 8.22. The van der Waals surface area contributed by atoms with Gasteiger partial charge in [0, 0.05) is 16.1 Å². The molecular formula is C17H13BrF3NO3. The predicted octanol–water partition coefficient (Wildman–Crippen LogP) is 4.63. The molecule has 0 amide bonds. The van der Waals surface area contributed by atoms with Crippen LogP contribution < -0.4 is 4.74 Å². The van der Waals surface area contributed by atoms with E-state index in [1.54, 1.807) is 12.1 Å². The fourth-order valence-electron chi connectivity index (χ4n) is 2.54. The number of benzene rings is 1. The maximum Gasteiger partial charge on any atom is 0.417 e. The summed E-state index contributed by atoms with van der Waals surface area (Å²) in [5.74, 6) is -0.784. The molecule has 1 aliphatic rings. The molecule has 1 N–H and O–H groups in total. The van der Waals surface area contributed by atoms with E-state index in [1.165, 1.54) is 18.3 Å². The van der Waals surface area contributed by atoms with Gasteiger partial charge in [0.25, 0.3) is 0 Å². The summed E-state index contributed by atoms with van der Waals surface area (Å²) in [6.45, 7) is 0.0962. The largest absolute Gasteiger partial charge is 0.487 e. The van der Waals surface area contributed by atoms with Gasteiger partial charge in [-0.3, -0.25) is 9.78 Å². The monoisotopic (exact) mass is 415 g/mol. The van der Waals surface area contributed by atoms with Crippen molar-refractivity contribution in [3.05, 3.63) is 57.8 Å². The van der Waals surface area contributed by atoms with Gasteiger partial charge < -0.3 is 9.84 Å². The quantitative estimate of drug-likeness (QED) is 0.773. The maximum atomic E-state index is 12.7. The van der Waals surface area contributed by atoms with Gasteiger partial charge in [-0.25, -0.2) is 0 Å². The minimum absolute atomic E-state index is 0.0389. The molecule has 0 bridgehead atoms. The Morgan fingerprint density at radius 3 is 2.60 bits per heavy atom. The van der Waals surface area contributed by atoms with Crippen LogP contribution in [0, 0.1) is 5.92 Å². The summed E-state index contributed by atoms with van der Waals surface area (Å²) in [5, 5.41) is 8.92. The van der Waals surface area contributed by atoms with Crippen molar-refractivity contribution in [2.24, 2.45) is 5.92 Å². The number of halogens is 4. The van der Waals surface area contributed by atoms with Crippen LogP contribution in [0.3, 0.4) is 0 Å². The van der Waals surface area contributed by atoms with E-state index in [-0.39, 0.29) is 22.9 Å². The van der Waals surface area contributed by atoms with Crippen molar-refractivity contribution in [1.82, 2.24) is 4.98 Å². The highest BCUT2D eigenvalue weighted by molar-refractivity contribution is 9.10. The van der Waals surface area contributed by atoms with Crippen LogP contribution in [0.4, 0.5) is 13.2 Å². The van der Waals surface area contributed by atoms with Gasteiger partial charge >= 0.3 is 12.1 Å². The summed E-state index contributed by atoms with van der Waals surface area (Å²) in [7, 11) is 0. The predicted molar refractivity (Wildman–Crippen MR) is 86.2 cm³/mol. The topological polar surface area (TPSA) is 59.4 Å². The fraction of sp³-hybridized carbons (Fsp3) is 0.294. The Labute approximate surface area is 149 Å². The zero-order valence-corrected chi connectivity index (χ0v) is 14.3. The average Bonchev–Trinajstić information content (AvgIpc) is 3.33. The van der Waals surface area contributed by atoms with Gasteiger partial charge in [-0.05, 0) is 36.2 Å². The standard InChI is InChI=1S/C17H13BrF3NO3/c18-14-5-9(1-3-13(14)17(19,20)21)8-25-10-2-4-15(22-7-10)11-6-12(11)16(23)24/h1-5,7,11-12H,6,8H2,(H,23,24)/t11-,12-/m0/s1. The van der Waals surface area contributed by atoms with Gasteiger partial charge in [0.1, 0.15) is 12.4 Å². The number of carbonyl (C=O) groups is 1. The van der Waals surface area contributed by atoms with Crippen LogP contribution in [-0.2, 0) is 17.6 Å². The highest BCUT2D eigenvalue weighted by Gasteiger charge is 2.45. The first kappa shape index (κ1) is 17.7. The number of hydrogen-bond donors (Lipinski definition) is 1. The molecule has 1 heterocycles. The van der Waals surface area contributed by atoms with Crippen LogP contribution in [0.5, 0.6) is 5.75 Å². The molecule has 8 heteroatoms. The highest BCUT2D eigenvalue weighted by atomic mass is 79.9. The second-order valence-electron chi connectivity index (χ2n) is 5.81. The van der Waals surface area contributed by atoms with Crippen molar-refractivity contribution in [3.63, 3.8) is 0 Å². The lowest BCUT2D eigenvalue weighted by atomic mass is 10.1. The molecule has 3 rings (SSSR count). The zero-order chi connectivity index (χ0) is 18.2. The molecule has 132 valence electrons. The Bertz CT molecular complexity index is 793. The second-order valence-corrected chi connectivity index (χ2v) is 6.66. The van der Waals surface area contributed by atoms with Crippen LogP contribution in [0.15, 0.2) is 41.0 Å². The van der Waals surface area contributed by atoms with E-state index in [0.29, 0.717) is 23.4 Å². The molecule has 0 unspecified atom stereocenters. The summed E-state index contributed by atoms with van der Waals surface area (Å²) >= 11 is 2.92. The minimum Gasteiger partial charge on any atom is -0.487 e. The van der Waals surface area contributed by atoms with Gasteiger partial charge in [0.05, 0.1) is 17.7 Å². The van der Waals surface area contributed by atoms with Gasteiger partial charge in [0.2, 0.25) is 0 Å². The number of hydrogen-bond acceptors (Lipinski definition) is 3. The minimum atomic E-state index is -4.41. The lowest BCUT2D eigenvalue weighted by Crippen LogP contribution is -2.06. The first-order chi connectivity index (χ1) is 11.8. The van der Waals surface area contributed by atoms with Crippen LogP contribution in [0.1, 0.15) is 29.2 Å². The Balaban J connectivity index is 1.61. The van der Waals surface area contributed by atoms with E-state index >= 15 is 0 Å². The number of aliphatic carboxylic acids is 1. The van der Waals surface area contributed by atoms with Crippen molar-refractivity contribution < 1.29 is 27.8 Å². The summed E-state index contributed by atoms with van der Waals surface area (Å²) in [6, 6.07) is 7.12. The van der Waals surface area contributed by atoms with Gasteiger partial charge in [-0.2, -0.15) is 13.2 Å². The molecule has 1 aromatic carbocycles. The van der Waals surface area contributed by atoms with E-state index in [4.69, 9.17) is 9.84 Å². The Hall–Kier alpha value is -2.09. The van der Waals surface area contributed by atoms with Crippen molar-refractivity contribution in [2.45, 2.75) is 25.1 Å². The Morgan fingerprint density at radius 1 is 1.32 bits per heavy atom. The molecule has 4 nitrogen and oxygen atoms in total. The summed E-state index contributed by atoms with van der Waals surface area (Å²) in [5.41, 5.74) is 0.550. The number of aromatic nitrogens is 1. The Kier molecular flexibility index (Phi) is 4.73. The van der Waals surface area contributed by atoms with Crippen molar-refractivity contribution >= 4 is 21.9 Å². The number of carboxylic acid groups (broad SMARTS) is 1. The zero-order valence-electron chi connectivity index (χ0n) is 12.8. The van der Waals surface area contributed by atoms with Crippen LogP contribution in [0.2, 0.25) is 0 Å². The summed E-state index contributed by atoms with van der Waals surface area (Å²) < 4.78 is 43.6. The van der Waals surface area contributed by atoms with E-state index < -0.39 is 17.7 Å². The molecule has 1 aliphatic carbocycles. The number of pyridine rings is 1. The SMILES string of the molecule is O=C(O)[C@H]1C[C@@H]1c1ccc(OCc2ccc(C(F)(F)F)c(Br)c2)cn1. The molecular weight excluding hydrogens is 403 g/mol. The van der Waals surface area contributed by atoms with Crippen molar-refractivity contribution in [2.75, 3.05) is 0 Å². The normalized spacial score (nSPS) is 19.5.